The number of Topliss-reactive ketones (excluding diaryl/α,β-unsaturated/α-hetero) is 1. The minimum Gasteiger partial charge on any atom is -0.497 e. The second-order valence-corrected chi connectivity index (χ2v) is 7.77. The van der Waals surface area contributed by atoms with Crippen molar-refractivity contribution in [2.45, 2.75) is 12.8 Å². The van der Waals surface area contributed by atoms with Crippen LogP contribution in [0.1, 0.15) is 33.7 Å². The normalized spacial score (nSPS) is 16.8. The zero-order valence-electron chi connectivity index (χ0n) is 15.6. The Kier molecular flexibility index (Phi) is 5.25. The van der Waals surface area contributed by atoms with Crippen molar-refractivity contribution in [3.8, 4) is 16.3 Å². The number of nitrogens with one attached hydrogen (secondary N) is 1. The highest BCUT2D eigenvalue weighted by molar-refractivity contribution is 7.13. The summed E-state index contributed by atoms with van der Waals surface area (Å²) < 4.78 is 5.15. The monoisotopic (exact) mass is 395 g/mol. The number of hydrogen-bond donors (Lipinski definition) is 1. The molecular formula is C21H21N3O3S. The summed E-state index contributed by atoms with van der Waals surface area (Å²) in [6, 6.07) is 12.9. The van der Waals surface area contributed by atoms with Gasteiger partial charge in [0.25, 0.3) is 5.91 Å². The molecule has 0 spiro atoms. The molecule has 1 atom stereocenters. The molecule has 2 aromatic heterocycles. The van der Waals surface area contributed by atoms with Crippen LogP contribution in [0.5, 0.6) is 5.75 Å². The van der Waals surface area contributed by atoms with Crippen LogP contribution >= 0.6 is 11.3 Å². The van der Waals surface area contributed by atoms with Crippen molar-refractivity contribution in [1.29, 1.82) is 0 Å². The van der Waals surface area contributed by atoms with Crippen molar-refractivity contribution in [3.63, 3.8) is 0 Å². The van der Waals surface area contributed by atoms with Crippen molar-refractivity contribution < 1.29 is 14.3 Å². The number of piperidine rings is 1. The molecule has 3 heterocycles. The minimum atomic E-state index is -0.193. The molecule has 144 valence electrons. The molecule has 0 bridgehead atoms. The van der Waals surface area contributed by atoms with E-state index in [9.17, 15) is 9.59 Å². The van der Waals surface area contributed by atoms with Crippen molar-refractivity contribution >= 4 is 23.0 Å². The van der Waals surface area contributed by atoms with Gasteiger partial charge in [-0.3, -0.25) is 14.7 Å². The van der Waals surface area contributed by atoms with E-state index < -0.39 is 0 Å². The van der Waals surface area contributed by atoms with Gasteiger partial charge in [0.15, 0.2) is 11.5 Å². The topological polar surface area (TPSA) is 75.3 Å². The van der Waals surface area contributed by atoms with E-state index in [-0.39, 0.29) is 17.6 Å². The molecule has 0 aliphatic carbocycles. The predicted octanol–water partition coefficient (Wildman–Crippen LogP) is 3.88. The molecule has 1 saturated heterocycles. The van der Waals surface area contributed by atoms with Crippen LogP contribution in [0, 0.1) is 5.92 Å². The van der Waals surface area contributed by atoms with Crippen LogP contribution in [0.15, 0.2) is 47.8 Å². The third-order valence-corrected chi connectivity index (χ3v) is 5.94. The lowest BCUT2D eigenvalue weighted by Crippen LogP contribution is -2.42. The molecule has 7 heteroatoms. The number of H-pyrrole nitrogens is 1. The molecule has 1 aliphatic heterocycles. The first kappa shape index (κ1) is 18.4. The van der Waals surface area contributed by atoms with Gasteiger partial charge in [-0.2, -0.15) is 5.10 Å². The maximum atomic E-state index is 12.9. The Morgan fingerprint density at radius 2 is 2.07 bits per heavy atom. The number of likely N-dealkylation sites (tertiary alicyclic amines) is 1. The largest absolute Gasteiger partial charge is 0.497 e. The Morgan fingerprint density at radius 3 is 2.79 bits per heavy atom. The Hall–Kier alpha value is -2.93. The zero-order valence-corrected chi connectivity index (χ0v) is 16.4. The summed E-state index contributed by atoms with van der Waals surface area (Å²) in [4.78, 5) is 28.5. The quantitative estimate of drug-likeness (QED) is 0.665. The van der Waals surface area contributed by atoms with Gasteiger partial charge in [-0.25, -0.2) is 0 Å². The second kappa shape index (κ2) is 7.98. The molecule has 28 heavy (non-hydrogen) atoms. The highest BCUT2D eigenvalue weighted by Gasteiger charge is 2.30. The van der Waals surface area contributed by atoms with Gasteiger partial charge in [-0.15, -0.1) is 11.3 Å². The lowest BCUT2D eigenvalue weighted by Gasteiger charge is -2.31. The number of ketones is 1. The Bertz CT molecular complexity index is 963. The SMILES string of the molecule is COc1ccc(C(=O)[C@H]2CCCN(C(=O)c3cc(-c4cccs4)[nH]n3)C2)cc1. The van der Waals surface area contributed by atoms with E-state index in [1.807, 2.05) is 17.5 Å². The average molecular weight is 395 g/mol. The molecule has 3 aromatic rings. The first-order chi connectivity index (χ1) is 13.7. The van der Waals surface area contributed by atoms with Crippen LogP contribution in [-0.2, 0) is 0 Å². The van der Waals surface area contributed by atoms with Gasteiger partial charge < -0.3 is 9.64 Å². The molecular weight excluding hydrogens is 374 g/mol. The van der Waals surface area contributed by atoms with Crippen molar-refractivity contribution in [3.05, 3.63) is 59.1 Å². The van der Waals surface area contributed by atoms with Gasteiger partial charge in [0.2, 0.25) is 0 Å². The molecule has 4 rings (SSSR count). The van der Waals surface area contributed by atoms with Gasteiger partial charge >= 0.3 is 0 Å². The van der Waals surface area contributed by atoms with E-state index in [1.54, 1.807) is 53.7 Å². The molecule has 0 saturated carbocycles. The van der Waals surface area contributed by atoms with E-state index in [2.05, 4.69) is 10.2 Å². The number of aromatic amines is 1. The van der Waals surface area contributed by atoms with E-state index in [0.29, 0.717) is 24.3 Å². The van der Waals surface area contributed by atoms with Gasteiger partial charge in [-0.1, -0.05) is 6.07 Å². The van der Waals surface area contributed by atoms with Crippen LogP contribution in [0.3, 0.4) is 0 Å². The molecule has 0 unspecified atom stereocenters. The van der Waals surface area contributed by atoms with Gasteiger partial charge in [0.05, 0.1) is 17.7 Å². The smallest absolute Gasteiger partial charge is 0.274 e. The number of hydrogen-bond acceptors (Lipinski definition) is 5. The summed E-state index contributed by atoms with van der Waals surface area (Å²) in [6.07, 6.45) is 1.59. The maximum absolute atomic E-state index is 12.9. The summed E-state index contributed by atoms with van der Waals surface area (Å²) in [5.74, 6) is 0.464. The van der Waals surface area contributed by atoms with Crippen molar-refractivity contribution in [2.75, 3.05) is 20.2 Å². The summed E-state index contributed by atoms with van der Waals surface area (Å²) in [5, 5.41) is 9.10. The lowest BCUT2D eigenvalue weighted by molar-refractivity contribution is 0.0632. The van der Waals surface area contributed by atoms with Crippen LogP contribution in [0.2, 0.25) is 0 Å². The van der Waals surface area contributed by atoms with Crippen molar-refractivity contribution in [2.24, 2.45) is 5.92 Å². The second-order valence-electron chi connectivity index (χ2n) is 6.83. The predicted molar refractivity (Wildman–Crippen MR) is 108 cm³/mol. The number of amides is 1. The third-order valence-electron chi connectivity index (χ3n) is 5.04. The molecule has 1 aromatic carbocycles. The molecule has 1 amide bonds. The molecule has 0 radical (unpaired) electrons. The Labute approximate surface area is 167 Å². The van der Waals surface area contributed by atoms with Gasteiger partial charge in [0, 0.05) is 24.6 Å². The average Bonchev–Trinajstić information content (AvgIpc) is 3.44. The number of rotatable bonds is 5. The van der Waals surface area contributed by atoms with Gasteiger partial charge in [0.1, 0.15) is 5.75 Å². The van der Waals surface area contributed by atoms with Crippen LogP contribution in [0.4, 0.5) is 0 Å². The molecule has 1 N–H and O–H groups in total. The first-order valence-electron chi connectivity index (χ1n) is 9.22. The van der Waals surface area contributed by atoms with Gasteiger partial charge in [-0.05, 0) is 54.6 Å². The zero-order chi connectivity index (χ0) is 19.5. The standard InChI is InChI=1S/C21H21N3O3S/c1-27-16-8-6-14(7-9-16)20(25)15-4-2-10-24(13-15)21(26)18-12-17(22-23-18)19-5-3-11-28-19/h3,5-9,11-12,15H,2,4,10,13H2,1H3,(H,22,23)/t15-/m0/s1. The highest BCUT2D eigenvalue weighted by atomic mass is 32.1. The summed E-state index contributed by atoms with van der Waals surface area (Å²) >= 11 is 1.59. The highest BCUT2D eigenvalue weighted by Crippen LogP contribution is 2.26. The number of aromatic nitrogens is 2. The molecule has 1 aliphatic rings. The maximum Gasteiger partial charge on any atom is 0.274 e. The first-order valence-corrected chi connectivity index (χ1v) is 10.1. The number of carbonyl (C=O) groups excluding carboxylic acids is 2. The molecule has 1 fully saturated rings. The van der Waals surface area contributed by atoms with E-state index >= 15 is 0 Å². The minimum absolute atomic E-state index is 0.0708. The van der Waals surface area contributed by atoms with Crippen molar-refractivity contribution in [1.82, 2.24) is 15.1 Å². The fourth-order valence-corrected chi connectivity index (χ4v) is 4.21. The summed E-state index contributed by atoms with van der Waals surface area (Å²) in [7, 11) is 1.60. The van der Waals surface area contributed by atoms with Crippen LogP contribution < -0.4 is 4.74 Å². The van der Waals surface area contributed by atoms with E-state index in [1.165, 1.54) is 0 Å². The number of carbonyl (C=O) groups is 2. The van der Waals surface area contributed by atoms with E-state index in [0.717, 1.165) is 29.2 Å². The van der Waals surface area contributed by atoms with Crippen LogP contribution in [0.25, 0.3) is 10.6 Å². The number of ether oxygens (including phenoxy) is 1. The Balaban J connectivity index is 1.45. The van der Waals surface area contributed by atoms with E-state index in [4.69, 9.17) is 4.74 Å². The summed E-state index contributed by atoms with van der Waals surface area (Å²) in [6.45, 7) is 1.07. The molecule has 6 nitrogen and oxygen atoms in total. The fourth-order valence-electron chi connectivity index (χ4n) is 3.52. The number of thiophene rings is 1. The van der Waals surface area contributed by atoms with Crippen LogP contribution in [-0.4, -0.2) is 47.0 Å². The number of benzene rings is 1. The lowest BCUT2D eigenvalue weighted by atomic mass is 9.90. The number of methoxy groups -OCH3 is 1. The third kappa shape index (κ3) is 3.71. The summed E-state index contributed by atoms with van der Waals surface area (Å²) in [5.41, 5.74) is 1.88. The fraction of sp³-hybridized carbons (Fsp3) is 0.286. The Morgan fingerprint density at radius 1 is 1.25 bits per heavy atom. The number of nitrogens with zero attached hydrogens (tertiary/aromatic N) is 2.